The van der Waals surface area contributed by atoms with Crippen molar-refractivity contribution in [3.63, 3.8) is 0 Å². The molecule has 0 bridgehead atoms. The number of hydrogen-bond donors (Lipinski definition) is 1. The van der Waals surface area contributed by atoms with Gasteiger partial charge in [0.2, 0.25) is 5.28 Å². The topological polar surface area (TPSA) is 141 Å². The molecule has 0 saturated carbocycles. The van der Waals surface area contributed by atoms with Crippen molar-refractivity contribution in [2.75, 3.05) is 25.6 Å². The molecule has 0 unspecified atom stereocenters. The molecule has 11 nitrogen and oxygen atoms in total. The Morgan fingerprint density at radius 2 is 1.84 bits per heavy atom. The van der Waals surface area contributed by atoms with Gasteiger partial charge >= 0.3 is 11.9 Å². The Kier molecular flexibility index (Phi) is 8.25. The lowest BCUT2D eigenvalue weighted by molar-refractivity contribution is -0.196. The predicted octanol–water partition coefficient (Wildman–Crippen LogP) is 3.11. The number of esters is 2. The van der Waals surface area contributed by atoms with Crippen LogP contribution in [0.3, 0.4) is 0 Å². The van der Waals surface area contributed by atoms with Gasteiger partial charge in [-0.05, 0) is 43.4 Å². The van der Waals surface area contributed by atoms with Gasteiger partial charge in [0.15, 0.2) is 11.5 Å². The Morgan fingerprint density at radius 1 is 1.16 bits per heavy atom. The van der Waals surface area contributed by atoms with E-state index in [1.807, 2.05) is 37.3 Å². The first-order valence-electron chi connectivity index (χ1n) is 12.1. The van der Waals surface area contributed by atoms with E-state index in [1.165, 1.54) is 0 Å². The van der Waals surface area contributed by atoms with Gasteiger partial charge in [-0.15, -0.1) is 0 Å². The third-order valence-corrected chi connectivity index (χ3v) is 6.44. The fourth-order valence-corrected chi connectivity index (χ4v) is 4.54. The minimum absolute atomic E-state index is 0.00671. The second-order valence-electron chi connectivity index (χ2n) is 8.79. The van der Waals surface area contributed by atoms with Gasteiger partial charge in [-0.3, -0.25) is 4.57 Å². The van der Waals surface area contributed by atoms with Crippen molar-refractivity contribution in [3.8, 4) is 0 Å². The molecule has 1 aliphatic rings. The molecule has 1 aromatic carbocycles. The molecule has 2 N–H and O–H groups in total. The number of halogens is 1. The normalized spacial score (nSPS) is 19.7. The molecule has 0 aliphatic carbocycles. The first kappa shape index (κ1) is 26.8. The van der Waals surface area contributed by atoms with Crippen molar-refractivity contribution in [1.29, 1.82) is 0 Å². The summed E-state index contributed by atoms with van der Waals surface area (Å²) in [4.78, 5) is 38.9. The molecule has 3 atom stereocenters. The van der Waals surface area contributed by atoms with Gasteiger partial charge in [-0.2, -0.15) is 9.97 Å². The first-order valence-corrected chi connectivity index (χ1v) is 12.5. The maximum absolute atomic E-state index is 13.2. The highest BCUT2D eigenvalue weighted by atomic mass is 35.5. The standard InChI is InChI=1S/C25H30ClN5O6/c1-4-34-22(32)25(23(33)35-5-2,12-16-9-7-6-8-10-16)36-13-17-15(3)11-18(37-17)31-14-28-19-20(27)29-24(26)30-21(19)31/h6-10,14-15,17-18H,4-5,11-13H2,1-3H3,(H2,27,29,30)/t15-,17-,18-/m1/s1. The summed E-state index contributed by atoms with van der Waals surface area (Å²) in [5, 5.41) is 0.00671. The number of aromatic nitrogens is 4. The van der Waals surface area contributed by atoms with Crippen LogP contribution in [-0.2, 0) is 35.0 Å². The molecule has 3 heterocycles. The van der Waals surface area contributed by atoms with Crippen LogP contribution in [0, 0.1) is 5.92 Å². The molecule has 0 amide bonds. The van der Waals surface area contributed by atoms with E-state index in [0.29, 0.717) is 17.6 Å². The molecule has 37 heavy (non-hydrogen) atoms. The Bertz CT molecular complexity index is 1240. The summed E-state index contributed by atoms with van der Waals surface area (Å²) in [7, 11) is 0. The summed E-state index contributed by atoms with van der Waals surface area (Å²) in [6.07, 6.45) is 1.25. The fraction of sp³-hybridized carbons (Fsp3) is 0.480. The number of imidazole rings is 1. The third-order valence-electron chi connectivity index (χ3n) is 6.27. The van der Waals surface area contributed by atoms with Gasteiger partial charge in [-0.25, -0.2) is 14.6 Å². The van der Waals surface area contributed by atoms with E-state index >= 15 is 0 Å². The Hall–Kier alpha value is -3.28. The van der Waals surface area contributed by atoms with Gasteiger partial charge in [0.1, 0.15) is 11.7 Å². The molecule has 12 heteroatoms. The maximum atomic E-state index is 13.2. The second-order valence-corrected chi connectivity index (χ2v) is 9.12. The summed E-state index contributed by atoms with van der Waals surface area (Å²) in [5.41, 5.74) is 5.55. The maximum Gasteiger partial charge on any atom is 0.350 e. The largest absolute Gasteiger partial charge is 0.463 e. The van der Waals surface area contributed by atoms with Crippen molar-refractivity contribution in [3.05, 3.63) is 47.5 Å². The lowest BCUT2D eigenvalue weighted by Crippen LogP contribution is -2.54. The van der Waals surface area contributed by atoms with E-state index in [1.54, 1.807) is 24.7 Å². The van der Waals surface area contributed by atoms with Crippen molar-refractivity contribution in [1.82, 2.24) is 19.5 Å². The van der Waals surface area contributed by atoms with E-state index in [4.69, 9.17) is 36.3 Å². The smallest absolute Gasteiger partial charge is 0.350 e. The number of carbonyl (C=O) groups excluding carboxylic acids is 2. The van der Waals surface area contributed by atoms with E-state index in [-0.39, 0.29) is 43.3 Å². The quantitative estimate of drug-likeness (QED) is 0.235. The lowest BCUT2D eigenvalue weighted by atomic mass is 9.93. The fourth-order valence-electron chi connectivity index (χ4n) is 4.37. The Morgan fingerprint density at radius 3 is 2.49 bits per heavy atom. The van der Waals surface area contributed by atoms with Gasteiger partial charge in [-0.1, -0.05) is 37.3 Å². The number of nitrogens with two attached hydrogens (primary N) is 1. The van der Waals surface area contributed by atoms with Crippen LogP contribution in [0.4, 0.5) is 5.82 Å². The van der Waals surface area contributed by atoms with Crippen LogP contribution in [0.2, 0.25) is 5.28 Å². The molecule has 198 valence electrons. The molecule has 2 aromatic heterocycles. The number of carbonyl (C=O) groups is 2. The number of benzene rings is 1. The SMILES string of the molecule is CCOC(=O)C(Cc1ccccc1)(OC[C@H]1O[C@@H](n2cnc3c(N)nc(Cl)nc32)C[C@H]1C)C(=O)OCC. The molecule has 3 aromatic rings. The number of hydrogen-bond acceptors (Lipinski definition) is 10. The molecule has 0 radical (unpaired) electrons. The number of rotatable bonds is 10. The predicted molar refractivity (Wildman–Crippen MR) is 135 cm³/mol. The Labute approximate surface area is 219 Å². The average Bonchev–Trinajstić information content (AvgIpc) is 3.46. The van der Waals surface area contributed by atoms with Crippen LogP contribution >= 0.6 is 11.6 Å². The van der Waals surface area contributed by atoms with Crippen molar-refractivity contribution in [2.24, 2.45) is 5.92 Å². The summed E-state index contributed by atoms with van der Waals surface area (Å²) < 4.78 is 24.7. The average molecular weight is 532 g/mol. The molecule has 1 fully saturated rings. The van der Waals surface area contributed by atoms with Gasteiger partial charge in [0.25, 0.3) is 5.60 Å². The molecule has 4 rings (SSSR count). The van der Waals surface area contributed by atoms with Crippen LogP contribution in [0.1, 0.15) is 39.0 Å². The highest BCUT2D eigenvalue weighted by Gasteiger charge is 2.51. The van der Waals surface area contributed by atoms with Crippen molar-refractivity contribution < 1.29 is 28.5 Å². The zero-order chi connectivity index (χ0) is 26.6. The van der Waals surface area contributed by atoms with E-state index in [9.17, 15) is 9.59 Å². The highest BCUT2D eigenvalue weighted by molar-refractivity contribution is 6.28. The molecule has 1 saturated heterocycles. The summed E-state index contributed by atoms with van der Waals surface area (Å²) in [6, 6.07) is 9.11. The number of nitrogen functional groups attached to an aromatic ring is 1. The minimum atomic E-state index is -1.98. The summed E-state index contributed by atoms with van der Waals surface area (Å²) in [6.45, 7) is 5.45. The first-order chi connectivity index (χ1) is 17.8. The number of fused-ring (bicyclic) bond motifs is 1. The molecular weight excluding hydrogens is 502 g/mol. The van der Waals surface area contributed by atoms with Gasteiger partial charge in [0, 0.05) is 6.42 Å². The van der Waals surface area contributed by atoms with Crippen molar-refractivity contribution >= 4 is 40.5 Å². The second kappa shape index (κ2) is 11.4. The van der Waals surface area contributed by atoms with Crippen LogP contribution in [0.5, 0.6) is 0 Å². The third kappa shape index (κ3) is 5.53. The van der Waals surface area contributed by atoms with E-state index < -0.39 is 29.9 Å². The van der Waals surface area contributed by atoms with Crippen LogP contribution in [0.25, 0.3) is 11.2 Å². The van der Waals surface area contributed by atoms with Gasteiger partial charge in [0.05, 0.1) is 32.3 Å². The highest BCUT2D eigenvalue weighted by Crippen LogP contribution is 2.36. The summed E-state index contributed by atoms with van der Waals surface area (Å²) in [5.74, 6) is -1.42. The van der Waals surface area contributed by atoms with Crippen LogP contribution in [-0.4, -0.2) is 63.0 Å². The molecule has 0 spiro atoms. The zero-order valence-corrected chi connectivity index (χ0v) is 21.7. The Balaban J connectivity index is 1.58. The van der Waals surface area contributed by atoms with Crippen LogP contribution in [0.15, 0.2) is 36.7 Å². The van der Waals surface area contributed by atoms with E-state index in [2.05, 4.69) is 15.0 Å². The zero-order valence-electron chi connectivity index (χ0n) is 20.9. The number of nitrogens with zero attached hydrogens (tertiary/aromatic N) is 4. The molecular formula is C25H30ClN5O6. The lowest BCUT2D eigenvalue weighted by Gasteiger charge is -2.31. The van der Waals surface area contributed by atoms with Crippen LogP contribution < -0.4 is 5.73 Å². The molecule has 1 aliphatic heterocycles. The monoisotopic (exact) mass is 531 g/mol. The number of anilines is 1. The van der Waals surface area contributed by atoms with E-state index in [0.717, 1.165) is 5.56 Å². The van der Waals surface area contributed by atoms with Gasteiger partial charge < -0.3 is 24.7 Å². The number of ether oxygens (including phenoxy) is 4. The summed E-state index contributed by atoms with van der Waals surface area (Å²) >= 11 is 6.00. The van der Waals surface area contributed by atoms with Crippen molar-refractivity contribution in [2.45, 2.75) is 51.5 Å². The minimum Gasteiger partial charge on any atom is -0.463 e.